The Labute approximate surface area is 185 Å². The summed E-state index contributed by atoms with van der Waals surface area (Å²) in [5.74, 6) is 0.864. The highest BCUT2D eigenvalue weighted by molar-refractivity contribution is 7.12. The number of hydrogen-bond donors (Lipinski definition) is 0. The van der Waals surface area contributed by atoms with E-state index in [-0.39, 0.29) is 11.7 Å². The summed E-state index contributed by atoms with van der Waals surface area (Å²) in [6.07, 6.45) is 0.981. The van der Waals surface area contributed by atoms with E-state index in [4.69, 9.17) is 4.74 Å². The van der Waals surface area contributed by atoms with Crippen LogP contribution in [-0.2, 0) is 13.0 Å². The number of ketones is 1. The van der Waals surface area contributed by atoms with Crippen molar-refractivity contribution in [2.75, 3.05) is 32.8 Å². The number of thiophene rings is 1. The number of carbonyl (C=O) groups excluding carboxylic acids is 2. The summed E-state index contributed by atoms with van der Waals surface area (Å²) >= 11 is 1.40. The third kappa shape index (κ3) is 4.13. The zero-order valence-electron chi connectivity index (χ0n) is 17.3. The lowest BCUT2D eigenvalue weighted by Crippen LogP contribution is -2.48. The summed E-state index contributed by atoms with van der Waals surface area (Å²) in [5, 5.41) is 1.88. The number of benzene rings is 2. The maximum Gasteiger partial charge on any atom is 0.254 e. The fraction of sp³-hybridized carbons (Fsp3) is 0.280. The maximum absolute atomic E-state index is 13.2. The van der Waals surface area contributed by atoms with Crippen molar-refractivity contribution in [1.82, 2.24) is 9.80 Å². The molecule has 158 valence electrons. The summed E-state index contributed by atoms with van der Waals surface area (Å²) in [5.41, 5.74) is 3.56. The smallest absolute Gasteiger partial charge is 0.254 e. The van der Waals surface area contributed by atoms with Gasteiger partial charge in [0.2, 0.25) is 5.78 Å². The van der Waals surface area contributed by atoms with E-state index in [1.54, 1.807) is 18.2 Å². The third-order valence-corrected chi connectivity index (χ3v) is 6.84. The van der Waals surface area contributed by atoms with Crippen molar-refractivity contribution in [3.8, 4) is 5.75 Å². The van der Waals surface area contributed by atoms with Crippen LogP contribution < -0.4 is 4.74 Å². The number of fused-ring (bicyclic) bond motifs is 1. The second kappa shape index (κ2) is 8.65. The minimum absolute atomic E-state index is 0.0603. The van der Waals surface area contributed by atoms with Gasteiger partial charge in [0.05, 0.1) is 17.0 Å². The quantitative estimate of drug-likeness (QED) is 0.575. The van der Waals surface area contributed by atoms with Gasteiger partial charge in [-0.3, -0.25) is 14.5 Å². The summed E-state index contributed by atoms with van der Waals surface area (Å²) in [6.45, 7) is 4.61. The van der Waals surface area contributed by atoms with Gasteiger partial charge in [0.1, 0.15) is 5.75 Å². The molecule has 0 unspecified atom stereocenters. The molecular formula is C25H24N2O3S. The lowest BCUT2D eigenvalue weighted by Gasteiger charge is -2.35. The first-order valence-electron chi connectivity index (χ1n) is 10.6. The molecule has 2 aromatic carbocycles. The molecule has 1 amide bonds. The van der Waals surface area contributed by atoms with E-state index in [2.05, 4.69) is 23.1 Å². The first kappa shape index (κ1) is 20.0. The minimum atomic E-state index is -0.0850. The molecule has 6 heteroatoms. The minimum Gasteiger partial charge on any atom is -0.493 e. The lowest BCUT2D eigenvalue weighted by atomic mass is 10.0. The van der Waals surface area contributed by atoms with Crippen molar-refractivity contribution in [3.05, 3.63) is 87.1 Å². The lowest BCUT2D eigenvalue weighted by molar-refractivity contribution is 0.0625. The first-order valence-corrected chi connectivity index (χ1v) is 11.5. The van der Waals surface area contributed by atoms with Crippen molar-refractivity contribution >= 4 is 23.0 Å². The van der Waals surface area contributed by atoms with Gasteiger partial charge in [0, 0.05) is 44.7 Å². The highest BCUT2D eigenvalue weighted by Crippen LogP contribution is 2.26. The van der Waals surface area contributed by atoms with Crippen molar-refractivity contribution < 1.29 is 14.3 Å². The zero-order chi connectivity index (χ0) is 21.2. The molecule has 31 heavy (non-hydrogen) atoms. The number of nitrogens with zero attached hydrogens (tertiary/aromatic N) is 2. The standard InChI is InChI=1S/C25H24N2O3S/c28-24(23-6-3-15-31-23)20-4-1-2-5-21(20)25(29)27-12-10-26(11-13-27)17-18-7-8-22-19(16-18)9-14-30-22/h1-8,15-16H,9-14,17H2. The van der Waals surface area contributed by atoms with Gasteiger partial charge in [-0.1, -0.05) is 36.4 Å². The van der Waals surface area contributed by atoms with Gasteiger partial charge >= 0.3 is 0 Å². The Hall–Kier alpha value is -2.96. The number of rotatable bonds is 5. The molecule has 5 nitrogen and oxygen atoms in total. The van der Waals surface area contributed by atoms with Crippen molar-refractivity contribution in [2.45, 2.75) is 13.0 Å². The summed E-state index contributed by atoms with van der Waals surface area (Å²) in [6, 6.07) is 17.3. The Morgan fingerprint density at radius 3 is 2.52 bits per heavy atom. The second-order valence-corrected chi connectivity index (χ2v) is 8.91. The molecule has 0 atom stereocenters. The van der Waals surface area contributed by atoms with Crippen LogP contribution in [0.2, 0.25) is 0 Å². The Morgan fingerprint density at radius 2 is 1.74 bits per heavy atom. The molecule has 0 spiro atoms. The van der Waals surface area contributed by atoms with Crippen LogP contribution >= 0.6 is 11.3 Å². The van der Waals surface area contributed by atoms with E-state index in [1.165, 1.54) is 22.5 Å². The van der Waals surface area contributed by atoms with Crippen LogP contribution in [-0.4, -0.2) is 54.3 Å². The number of piperazine rings is 1. The Morgan fingerprint density at radius 1 is 0.935 bits per heavy atom. The van der Waals surface area contributed by atoms with Gasteiger partial charge in [0.15, 0.2) is 0 Å². The highest BCUT2D eigenvalue weighted by atomic mass is 32.1. The monoisotopic (exact) mass is 432 g/mol. The SMILES string of the molecule is O=C(c1cccs1)c1ccccc1C(=O)N1CCN(Cc2ccc3c(c2)CCO3)CC1. The van der Waals surface area contributed by atoms with E-state index >= 15 is 0 Å². The van der Waals surface area contributed by atoms with Gasteiger partial charge in [-0.15, -0.1) is 11.3 Å². The zero-order valence-corrected chi connectivity index (χ0v) is 18.1. The van der Waals surface area contributed by atoms with E-state index in [0.717, 1.165) is 38.4 Å². The molecular weight excluding hydrogens is 408 g/mol. The fourth-order valence-corrected chi connectivity index (χ4v) is 4.96. The van der Waals surface area contributed by atoms with Crippen molar-refractivity contribution in [1.29, 1.82) is 0 Å². The normalized spacial score (nSPS) is 16.1. The van der Waals surface area contributed by atoms with Gasteiger partial charge in [-0.2, -0.15) is 0 Å². The molecule has 1 aromatic heterocycles. The Balaban J connectivity index is 1.24. The Kier molecular flexibility index (Phi) is 5.57. The van der Waals surface area contributed by atoms with Crippen LogP contribution in [0.1, 0.15) is 36.7 Å². The molecule has 3 aromatic rings. The predicted octanol–water partition coefficient (Wildman–Crippen LogP) is 3.87. The van der Waals surface area contributed by atoms with E-state index < -0.39 is 0 Å². The molecule has 0 aliphatic carbocycles. The molecule has 1 fully saturated rings. The van der Waals surface area contributed by atoms with Gasteiger partial charge in [-0.25, -0.2) is 0 Å². The maximum atomic E-state index is 13.2. The van der Waals surface area contributed by atoms with E-state index in [0.29, 0.717) is 29.1 Å². The summed E-state index contributed by atoms with van der Waals surface area (Å²) in [7, 11) is 0. The van der Waals surface area contributed by atoms with E-state index in [9.17, 15) is 9.59 Å². The molecule has 5 rings (SSSR count). The largest absolute Gasteiger partial charge is 0.493 e. The number of hydrogen-bond acceptors (Lipinski definition) is 5. The third-order valence-electron chi connectivity index (χ3n) is 5.97. The number of carbonyl (C=O) groups is 2. The molecule has 1 saturated heterocycles. The van der Waals surface area contributed by atoms with Crippen LogP contribution in [0.4, 0.5) is 0 Å². The average Bonchev–Trinajstić information content (AvgIpc) is 3.51. The average molecular weight is 433 g/mol. The molecule has 2 aliphatic rings. The van der Waals surface area contributed by atoms with Crippen LogP contribution in [0.25, 0.3) is 0 Å². The second-order valence-electron chi connectivity index (χ2n) is 7.96. The summed E-state index contributed by atoms with van der Waals surface area (Å²) in [4.78, 5) is 31.0. The topological polar surface area (TPSA) is 49.9 Å². The van der Waals surface area contributed by atoms with Crippen molar-refractivity contribution in [3.63, 3.8) is 0 Å². The molecule has 0 radical (unpaired) electrons. The molecule has 0 N–H and O–H groups in total. The van der Waals surface area contributed by atoms with Gasteiger partial charge in [0.25, 0.3) is 5.91 Å². The molecule has 0 bridgehead atoms. The molecule has 0 saturated carbocycles. The highest BCUT2D eigenvalue weighted by Gasteiger charge is 2.26. The first-order chi connectivity index (χ1) is 15.2. The predicted molar refractivity (Wildman–Crippen MR) is 121 cm³/mol. The van der Waals surface area contributed by atoms with Crippen LogP contribution in [0.15, 0.2) is 60.0 Å². The molecule has 2 aliphatic heterocycles. The van der Waals surface area contributed by atoms with Gasteiger partial charge in [-0.05, 0) is 34.7 Å². The molecule has 3 heterocycles. The van der Waals surface area contributed by atoms with Crippen LogP contribution in [0, 0.1) is 0 Å². The fourth-order valence-electron chi connectivity index (χ4n) is 4.28. The van der Waals surface area contributed by atoms with Gasteiger partial charge < -0.3 is 9.64 Å². The van der Waals surface area contributed by atoms with Crippen LogP contribution in [0.5, 0.6) is 5.75 Å². The number of amides is 1. The Bertz CT molecular complexity index is 1100. The number of ether oxygens (including phenoxy) is 1. The van der Waals surface area contributed by atoms with Crippen molar-refractivity contribution in [2.24, 2.45) is 0 Å². The summed E-state index contributed by atoms with van der Waals surface area (Å²) < 4.78 is 5.59. The van der Waals surface area contributed by atoms with E-state index in [1.807, 2.05) is 28.5 Å². The van der Waals surface area contributed by atoms with Crippen LogP contribution in [0.3, 0.4) is 0 Å².